The van der Waals surface area contributed by atoms with E-state index in [0.29, 0.717) is 0 Å². The molecule has 1 fully saturated rings. The Labute approximate surface area is 51.7 Å². The number of hydrogen-bond acceptors (Lipinski definition) is 1. The highest BCUT2D eigenvalue weighted by Crippen LogP contribution is 2.11. The van der Waals surface area contributed by atoms with Gasteiger partial charge in [-0.1, -0.05) is 6.92 Å². The van der Waals surface area contributed by atoms with Crippen LogP contribution in [0, 0.1) is 5.92 Å². The summed E-state index contributed by atoms with van der Waals surface area (Å²) >= 11 is 0. The smallest absolute Gasteiger partial charge is 0.125 e. The molecule has 1 unspecified atom stereocenters. The van der Waals surface area contributed by atoms with Gasteiger partial charge in [0, 0.05) is 12.3 Å². The summed E-state index contributed by atoms with van der Waals surface area (Å²) in [4.78, 5) is 2.41. The number of rotatable bonds is 0. The second-order valence-corrected chi connectivity index (χ2v) is 3.01. The molecule has 1 rings (SSSR count). The van der Waals surface area contributed by atoms with Crippen LogP contribution in [0.25, 0.3) is 0 Å². The second-order valence-electron chi connectivity index (χ2n) is 3.01. The molecule has 1 aliphatic rings. The minimum atomic E-state index is 0.939. The van der Waals surface area contributed by atoms with Crippen molar-refractivity contribution in [3.63, 3.8) is 0 Å². The molecule has 8 heavy (non-hydrogen) atoms. The van der Waals surface area contributed by atoms with Gasteiger partial charge in [0.05, 0.1) is 0 Å². The van der Waals surface area contributed by atoms with Crippen molar-refractivity contribution in [1.29, 1.82) is 0 Å². The van der Waals surface area contributed by atoms with Crippen molar-refractivity contribution in [3.05, 3.63) is 0 Å². The van der Waals surface area contributed by atoms with E-state index in [0.717, 1.165) is 5.92 Å². The van der Waals surface area contributed by atoms with Gasteiger partial charge in [-0.2, -0.15) is 4.90 Å². The molecule has 0 aromatic carbocycles. The lowest BCUT2D eigenvalue weighted by atomic mass is 10.0. The Bertz CT molecular complexity index is 62.8. The van der Waals surface area contributed by atoms with E-state index >= 15 is 0 Å². The summed E-state index contributed by atoms with van der Waals surface area (Å²) in [5, 5.41) is 0. The van der Waals surface area contributed by atoms with Crippen molar-refractivity contribution in [2.24, 2.45) is 5.92 Å². The number of likely N-dealkylation sites (tertiary alicyclic amines) is 1. The van der Waals surface area contributed by atoms with E-state index in [4.69, 9.17) is 0 Å². The summed E-state index contributed by atoms with van der Waals surface area (Å²) in [7, 11) is 2.20. The van der Waals surface area contributed by atoms with Crippen molar-refractivity contribution in [3.8, 4) is 0 Å². The van der Waals surface area contributed by atoms with Gasteiger partial charge in [-0.15, -0.1) is 0 Å². The van der Waals surface area contributed by atoms with Gasteiger partial charge in [0.2, 0.25) is 0 Å². The van der Waals surface area contributed by atoms with Gasteiger partial charge >= 0.3 is 0 Å². The summed E-state index contributed by atoms with van der Waals surface area (Å²) in [6.45, 7) is 4.94. The van der Waals surface area contributed by atoms with Crippen LogP contribution in [0.5, 0.6) is 0 Å². The Hall–Kier alpha value is -0.0400. The zero-order chi connectivity index (χ0) is 5.98. The average molecular weight is 113 g/mol. The molecule has 1 heteroatoms. The fraction of sp³-hybridized carbons (Fsp3) is 1.00. The summed E-state index contributed by atoms with van der Waals surface area (Å²) in [5.41, 5.74) is 0. The molecule has 0 aromatic heterocycles. The molecular formula is C7H15N+. The van der Waals surface area contributed by atoms with E-state index in [9.17, 15) is 0 Å². The highest BCUT2D eigenvalue weighted by molar-refractivity contribution is 4.69. The molecule has 0 aliphatic carbocycles. The predicted molar refractivity (Wildman–Crippen MR) is 36.2 cm³/mol. The van der Waals surface area contributed by atoms with Crippen LogP contribution in [-0.4, -0.2) is 20.1 Å². The fourth-order valence-corrected chi connectivity index (χ4v) is 1.42. The maximum Gasteiger partial charge on any atom is 0.125 e. The van der Waals surface area contributed by atoms with Crippen molar-refractivity contribution < 1.29 is 0 Å². The van der Waals surface area contributed by atoms with Crippen LogP contribution >= 0.6 is 0 Å². The highest BCUT2D eigenvalue weighted by atomic mass is 15.1. The maximum atomic E-state index is 2.41. The van der Waals surface area contributed by atoms with E-state index in [2.05, 4.69) is 18.9 Å². The molecule has 1 nitrogen and oxygen atoms in total. The fourth-order valence-electron chi connectivity index (χ4n) is 1.42. The monoisotopic (exact) mass is 113 g/mol. The maximum absolute atomic E-state index is 2.41. The van der Waals surface area contributed by atoms with Crippen molar-refractivity contribution in [2.75, 3.05) is 20.1 Å². The molecular weight excluding hydrogens is 98.1 g/mol. The van der Waals surface area contributed by atoms with Crippen LogP contribution < -0.4 is 4.90 Å². The third kappa shape index (κ3) is 1.48. The minimum absolute atomic E-state index is 0.939. The molecule has 1 radical (unpaired) electrons. The first-order chi connectivity index (χ1) is 3.79. The van der Waals surface area contributed by atoms with Gasteiger partial charge < -0.3 is 0 Å². The van der Waals surface area contributed by atoms with Gasteiger partial charge in [-0.3, -0.25) is 0 Å². The Balaban J connectivity index is 2.23. The van der Waals surface area contributed by atoms with Crippen LogP contribution in [-0.2, 0) is 0 Å². The highest BCUT2D eigenvalue weighted by Gasteiger charge is 2.18. The van der Waals surface area contributed by atoms with Gasteiger partial charge in [0.1, 0.15) is 20.1 Å². The molecule has 0 aromatic rings. The topological polar surface area (TPSA) is 5.90 Å². The summed E-state index contributed by atoms with van der Waals surface area (Å²) in [6.07, 6.45) is 2.84. The zero-order valence-electron chi connectivity index (χ0n) is 5.85. The Morgan fingerprint density at radius 2 is 2.25 bits per heavy atom. The lowest BCUT2D eigenvalue weighted by Gasteiger charge is -2.18. The third-order valence-corrected chi connectivity index (χ3v) is 1.86. The van der Waals surface area contributed by atoms with Crippen LogP contribution in [0.4, 0.5) is 0 Å². The van der Waals surface area contributed by atoms with Crippen LogP contribution in [0.2, 0.25) is 0 Å². The quantitative estimate of drug-likeness (QED) is 0.416. The minimum Gasteiger partial charge on any atom is -0.172 e. The summed E-state index contributed by atoms with van der Waals surface area (Å²) < 4.78 is 0. The SMILES string of the molecule is CC1CCC[N+](C)C1. The molecule has 1 saturated heterocycles. The van der Waals surface area contributed by atoms with Gasteiger partial charge in [-0.25, -0.2) is 0 Å². The summed E-state index contributed by atoms with van der Waals surface area (Å²) in [6, 6.07) is 0. The normalized spacial score (nSPS) is 33.0. The number of hydrogen-bond donors (Lipinski definition) is 0. The van der Waals surface area contributed by atoms with Crippen molar-refractivity contribution >= 4 is 0 Å². The Kier molecular flexibility index (Phi) is 1.90. The molecule has 1 aliphatic heterocycles. The lowest BCUT2D eigenvalue weighted by Crippen LogP contribution is -2.35. The number of piperidine rings is 1. The van der Waals surface area contributed by atoms with Crippen molar-refractivity contribution in [1.82, 2.24) is 4.90 Å². The predicted octanol–water partition coefficient (Wildman–Crippen LogP) is 1.19. The third-order valence-electron chi connectivity index (χ3n) is 1.86. The first kappa shape index (κ1) is 6.09. The van der Waals surface area contributed by atoms with E-state index in [1.165, 1.54) is 25.9 Å². The molecule has 0 amide bonds. The molecule has 1 atom stereocenters. The largest absolute Gasteiger partial charge is 0.172 e. The van der Waals surface area contributed by atoms with Gasteiger partial charge in [0.25, 0.3) is 0 Å². The standard InChI is InChI=1S/C7H15N/c1-7-4-3-5-8(2)6-7/h7H,3-6H2,1-2H3/q+1. The van der Waals surface area contributed by atoms with Crippen LogP contribution in [0.15, 0.2) is 0 Å². The lowest BCUT2D eigenvalue weighted by molar-refractivity contribution is 0.311. The molecule has 0 saturated carbocycles. The van der Waals surface area contributed by atoms with Gasteiger partial charge in [0.15, 0.2) is 0 Å². The Morgan fingerprint density at radius 1 is 1.50 bits per heavy atom. The molecule has 0 spiro atoms. The first-order valence-electron chi connectivity index (χ1n) is 3.47. The molecule has 47 valence electrons. The van der Waals surface area contributed by atoms with Crippen LogP contribution in [0.3, 0.4) is 0 Å². The molecule has 0 N–H and O–H groups in total. The summed E-state index contributed by atoms with van der Waals surface area (Å²) in [5.74, 6) is 0.939. The van der Waals surface area contributed by atoms with Crippen LogP contribution in [0.1, 0.15) is 19.8 Å². The average Bonchev–Trinajstić information content (AvgIpc) is 1.64. The van der Waals surface area contributed by atoms with Crippen molar-refractivity contribution in [2.45, 2.75) is 19.8 Å². The molecule has 1 heterocycles. The molecule has 0 bridgehead atoms. The van der Waals surface area contributed by atoms with Gasteiger partial charge in [-0.05, 0) is 6.42 Å². The number of nitrogens with zero attached hydrogens (tertiary/aromatic N) is 1. The second kappa shape index (κ2) is 2.49. The van der Waals surface area contributed by atoms with E-state index in [-0.39, 0.29) is 0 Å². The first-order valence-corrected chi connectivity index (χ1v) is 3.47. The zero-order valence-corrected chi connectivity index (χ0v) is 5.85. The van der Waals surface area contributed by atoms with E-state index in [1.54, 1.807) is 0 Å². The van der Waals surface area contributed by atoms with E-state index < -0.39 is 0 Å². The van der Waals surface area contributed by atoms with E-state index in [1.807, 2.05) is 0 Å². The Morgan fingerprint density at radius 3 is 2.62 bits per heavy atom.